The van der Waals surface area contributed by atoms with Crippen LogP contribution in [0.25, 0.3) is 28.1 Å². The second-order valence-electron chi connectivity index (χ2n) is 8.91. The van der Waals surface area contributed by atoms with Crippen LogP contribution in [-0.2, 0) is 17.6 Å². The highest BCUT2D eigenvalue weighted by molar-refractivity contribution is 6.03. The van der Waals surface area contributed by atoms with Crippen LogP contribution in [0, 0.1) is 26.2 Å². The number of rotatable bonds is 7. The van der Waals surface area contributed by atoms with Crippen LogP contribution < -0.4 is 5.32 Å². The van der Waals surface area contributed by atoms with Gasteiger partial charge in [0.15, 0.2) is 0 Å². The Labute approximate surface area is 216 Å². The summed E-state index contributed by atoms with van der Waals surface area (Å²) in [6.45, 7) is 3.88. The first-order valence-electron chi connectivity index (χ1n) is 12.0. The number of nitrogens with one attached hydrogen (secondary N) is 1. The van der Waals surface area contributed by atoms with Crippen molar-refractivity contribution in [3.63, 3.8) is 0 Å². The first-order valence-corrected chi connectivity index (χ1v) is 12.0. The van der Waals surface area contributed by atoms with Gasteiger partial charge >= 0.3 is 0 Å². The number of carbonyl (C=O) groups excluding carboxylic acids is 1. The smallest absolute Gasteiger partial charge is 0.300 e. The van der Waals surface area contributed by atoms with Crippen molar-refractivity contribution in [2.24, 2.45) is 0 Å². The molecule has 0 atom stereocenters. The van der Waals surface area contributed by atoms with Crippen LogP contribution in [0.4, 0.5) is 5.69 Å². The van der Waals surface area contributed by atoms with Crippen LogP contribution in [-0.4, -0.2) is 20.7 Å². The van der Waals surface area contributed by atoms with Gasteiger partial charge in [-0.3, -0.25) is 4.79 Å². The fourth-order valence-corrected chi connectivity index (χ4v) is 4.23. The van der Waals surface area contributed by atoms with Crippen molar-refractivity contribution in [1.82, 2.24) is 14.8 Å². The minimum absolute atomic E-state index is 0.471. The molecule has 0 saturated carbocycles. The number of benzene rings is 3. The lowest BCUT2D eigenvalue weighted by molar-refractivity contribution is -0.111. The van der Waals surface area contributed by atoms with Crippen LogP contribution >= 0.6 is 0 Å². The number of nitrogens with zero attached hydrogens (tertiary/aromatic N) is 3. The standard InChI is InChI=1S/C31H26N4O2/c1-4-30(36)32-27-14-16-28(17-15-27)35-20-23(7-18-31-34-33-22(3)37-31)19-29(35)26-12-10-25(11-13-26)24-8-5-21(2)6-9-24/h1,5-6,8-17,19-20H,7,18H2,2-3H3,(H,32,36). The fraction of sp³-hybridized carbons (Fsp3) is 0.129. The van der Waals surface area contributed by atoms with Crippen LogP contribution in [0.2, 0.25) is 0 Å². The number of hydrogen-bond donors (Lipinski definition) is 1. The summed E-state index contributed by atoms with van der Waals surface area (Å²) in [7, 11) is 0. The zero-order valence-corrected chi connectivity index (χ0v) is 20.7. The molecule has 0 bridgehead atoms. The molecule has 0 radical (unpaired) electrons. The van der Waals surface area contributed by atoms with Gasteiger partial charge in [0.05, 0.1) is 5.69 Å². The third-order valence-corrected chi connectivity index (χ3v) is 6.17. The van der Waals surface area contributed by atoms with E-state index < -0.39 is 5.91 Å². The lowest BCUT2D eigenvalue weighted by Gasteiger charge is -2.11. The highest BCUT2D eigenvalue weighted by atomic mass is 16.4. The van der Waals surface area contributed by atoms with Crippen LogP contribution in [0.15, 0.2) is 89.5 Å². The van der Waals surface area contributed by atoms with Gasteiger partial charge in [0.1, 0.15) is 0 Å². The minimum Gasteiger partial charge on any atom is -0.426 e. The molecule has 6 heteroatoms. The maximum Gasteiger partial charge on any atom is 0.300 e. The number of aromatic nitrogens is 3. The van der Waals surface area contributed by atoms with Crippen molar-refractivity contribution < 1.29 is 9.21 Å². The van der Waals surface area contributed by atoms with Crippen molar-refractivity contribution in [3.05, 3.63) is 108 Å². The number of anilines is 1. The molecule has 0 spiro atoms. The molecule has 3 aromatic carbocycles. The summed E-state index contributed by atoms with van der Waals surface area (Å²) in [4.78, 5) is 11.5. The molecule has 0 aliphatic heterocycles. The predicted octanol–water partition coefficient (Wildman–Crippen LogP) is 6.17. The summed E-state index contributed by atoms with van der Waals surface area (Å²) < 4.78 is 7.71. The maximum atomic E-state index is 11.5. The Kier molecular flexibility index (Phi) is 6.69. The van der Waals surface area contributed by atoms with Crippen LogP contribution in [0.3, 0.4) is 0 Å². The minimum atomic E-state index is -0.471. The predicted molar refractivity (Wildman–Crippen MR) is 145 cm³/mol. The Morgan fingerprint density at radius 3 is 2.16 bits per heavy atom. The normalized spacial score (nSPS) is 10.7. The number of aryl methyl sites for hydroxylation is 4. The summed E-state index contributed by atoms with van der Waals surface area (Å²) in [6, 6.07) is 26.9. The summed E-state index contributed by atoms with van der Waals surface area (Å²) in [5.74, 6) is 2.79. The highest BCUT2D eigenvalue weighted by Gasteiger charge is 2.13. The molecule has 0 aliphatic rings. The van der Waals surface area contributed by atoms with E-state index in [9.17, 15) is 4.79 Å². The van der Waals surface area contributed by atoms with Crippen LogP contribution in [0.1, 0.15) is 22.9 Å². The summed E-state index contributed by atoms with van der Waals surface area (Å²) in [5, 5.41) is 10.7. The highest BCUT2D eigenvalue weighted by Crippen LogP contribution is 2.30. The zero-order valence-electron chi connectivity index (χ0n) is 20.7. The van der Waals surface area contributed by atoms with Gasteiger partial charge in [0.25, 0.3) is 5.91 Å². The van der Waals surface area contributed by atoms with E-state index in [4.69, 9.17) is 10.8 Å². The lowest BCUT2D eigenvalue weighted by atomic mass is 10.0. The van der Waals surface area contributed by atoms with Gasteiger partial charge < -0.3 is 14.3 Å². The SMILES string of the molecule is C#CC(=O)Nc1ccc(-n2cc(CCc3nnc(C)o3)cc2-c2ccc(-c3ccc(C)cc3)cc2)cc1. The average Bonchev–Trinajstić information content (AvgIpc) is 3.54. The summed E-state index contributed by atoms with van der Waals surface area (Å²) in [5.41, 5.74) is 8.53. The molecule has 182 valence electrons. The van der Waals surface area contributed by atoms with Gasteiger partial charge in [-0.25, -0.2) is 0 Å². The van der Waals surface area contributed by atoms with Crippen molar-refractivity contribution >= 4 is 11.6 Å². The molecule has 1 amide bonds. The molecule has 2 aromatic heterocycles. The van der Waals surface area contributed by atoms with Gasteiger partial charge in [-0.15, -0.1) is 16.6 Å². The molecule has 0 fully saturated rings. The van der Waals surface area contributed by atoms with E-state index in [1.807, 2.05) is 24.3 Å². The van der Waals surface area contributed by atoms with Crippen molar-refractivity contribution in [3.8, 4) is 40.4 Å². The van der Waals surface area contributed by atoms with E-state index in [1.165, 1.54) is 16.7 Å². The Balaban J connectivity index is 1.47. The van der Waals surface area contributed by atoms with Gasteiger partial charge in [0.2, 0.25) is 11.8 Å². The number of carbonyl (C=O) groups is 1. The molecule has 2 heterocycles. The van der Waals surface area contributed by atoms with E-state index >= 15 is 0 Å². The van der Waals surface area contributed by atoms with Crippen molar-refractivity contribution in [2.45, 2.75) is 26.7 Å². The molecule has 5 rings (SSSR count). The second kappa shape index (κ2) is 10.4. The molecule has 0 saturated heterocycles. The molecule has 1 N–H and O–H groups in total. The summed E-state index contributed by atoms with van der Waals surface area (Å²) >= 11 is 0. The molecular weight excluding hydrogens is 460 g/mol. The lowest BCUT2D eigenvalue weighted by Crippen LogP contribution is -2.07. The number of hydrogen-bond acceptors (Lipinski definition) is 4. The maximum absolute atomic E-state index is 11.5. The van der Waals surface area contributed by atoms with Crippen LogP contribution in [0.5, 0.6) is 0 Å². The first kappa shape index (κ1) is 23.8. The Hall–Kier alpha value is -4.89. The van der Waals surface area contributed by atoms with E-state index in [2.05, 4.69) is 93.7 Å². The van der Waals surface area contributed by atoms with E-state index in [1.54, 1.807) is 6.92 Å². The van der Waals surface area contributed by atoms with Gasteiger partial charge in [-0.05, 0) is 71.9 Å². The van der Waals surface area contributed by atoms with Gasteiger partial charge in [0, 0.05) is 30.9 Å². The van der Waals surface area contributed by atoms with Gasteiger partial charge in [-0.1, -0.05) is 54.1 Å². The quantitative estimate of drug-likeness (QED) is 0.279. The average molecular weight is 487 g/mol. The molecule has 0 unspecified atom stereocenters. The topological polar surface area (TPSA) is 73.0 Å². The molecule has 0 aliphatic carbocycles. The monoisotopic (exact) mass is 486 g/mol. The van der Waals surface area contributed by atoms with Gasteiger partial charge in [-0.2, -0.15) is 0 Å². The zero-order chi connectivity index (χ0) is 25.8. The van der Waals surface area contributed by atoms with E-state index in [-0.39, 0.29) is 0 Å². The third-order valence-electron chi connectivity index (χ3n) is 6.17. The Morgan fingerprint density at radius 2 is 1.54 bits per heavy atom. The molecular formula is C31H26N4O2. The number of amides is 1. The molecule has 37 heavy (non-hydrogen) atoms. The fourth-order valence-electron chi connectivity index (χ4n) is 4.23. The third kappa shape index (κ3) is 5.52. The Bertz CT molecular complexity index is 1570. The Morgan fingerprint density at radius 1 is 0.892 bits per heavy atom. The number of terminal acetylenes is 1. The molecule has 6 nitrogen and oxygen atoms in total. The largest absolute Gasteiger partial charge is 0.426 e. The van der Waals surface area contributed by atoms with Crippen molar-refractivity contribution in [1.29, 1.82) is 0 Å². The first-order chi connectivity index (χ1) is 18.0. The summed E-state index contributed by atoms with van der Waals surface area (Å²) in [6.07, 6.45) is 8.72. The van der Waals surface area contributed by atoms with Crippen molar-refractivity contribution in [2.75, 3.05) is 5.32 Å². The van der Waals surface area contributed by atoms with E-state index in [0.29, 0.717) is 23.9 Å². The van der Waals surface area contributed by atoms with E-state index in [0.717, 1.165) is 28.9 Å². The second-order valence-corrected chi connectivity index (χ2v) is 8.91. The molecule has 5 aromatic rings.